The van der Waals surface area contributed by atoms with Crippen LogP contribution < -0.4 is 10.2 Å². The molecule has 0 saturated heterocycles. The summed E-state index contributed by atoms with van der Waals surface area (Å²) in [6.45, 7) is 2.55. The highest BCUT2D eigenvalue weighted by molar-refractivity contribution is 5.69. The first-order chi connectivity index (χ1) is 14.1. The summed E-state index contributed by atoms with van der Waals surface area (Å²) < 4.78 is 1.98. The number of nitrogens with one attached hydrogen (secondary N) is 1. The molecular weight excluding hydrogens is 372 g/mol. The molecule has 1 saturated carbocycles. The van der Waals surface area contributed by atoms with Crippen LogP contribution in [0.1, 0.15) is 37.3 Å². The van der Waals surface area contributed by atoms with Crippen molar-refractivity contribution in [2.75, 3.05) is 10.2 Å². The summed E-state index contributed by atoms with van der Waals surface area (Å²) in [5, 5.41) is 22.9. The summed E-state index contributed by atoms with van der Waals surface area (Å²) >= 11 is 0. The van der Waals surface area contributed by atoms with Gasteiger partial charge in [0.1, 0.15) is 17.2 Å². The number of benzene rings is 1. The molecule has 0 unspecified atom stereocenters. The third-order valence-corrected chi connectivity index (χ3v) is 5.58. The maximum absolute atomic E-state index is 11.3. The molecule has 0 radical (unpaired) electrons. The summed E-state index contributed by atoms with van der Waals surface area (Å²) in [5.41, 5.74) is 1.19. The zero-order valence-corrected chi connectivity index (χ0v) is 15.9. The molecule has 10 nitrogen and oxygen atoms in total. The summed E-state index contributed by atoms with van der Waals surface area (Å²) in [4.78, 5) is 22.4. The minimum Gasteiger partial charge on any atom is -0.344 e. The van der Waals surface area contributed by atoms with Gasteiger partial charge in [0.2, 0.25) is 5.95 Å². The van der Waals surface area contributed by atoms with Crippen molar-refractivity contribution in [3.63, 3.8) is 0 Å². The third-order valence-electron chi connectivity index (χ3n) is 5.58. The minimum absolute atomic E-state index is 0.0154. The number of fused-ring (bicyclic) bond motifs is 3. The van der Waals surface area contributed by atoms with Crippen LogP contribution in [-0.4, -0.2) is 35.7 Å². The lowest BCUT2D eigenvalue weighted by Gasteiger charge is -2.34. The molecular formula is C19H20N8O2. The Balaban J connectivity index is 1.57. The summed E-state index contributed by atoms with van der Waals surface area (Å²) in [6, 6.07) is 6.88. The average Bonchev–Trinajstić information content (AvgIpc) is 3.38. The van der Waals surface area contributed by atoms with E-state index in [4.69, 9.17) is 4.98 Å². The second kappa shape index (κ2) is 6.80. The van der Waals surface area contributed by atoms with Crippen LogP contribution in [0, 0.1) is 17.0 Å². The van der Waals surface area contributed by atoms with Gasteiger partial charge in [-0.2, -0.15) is 4.98 Å². The second-order valence-electron chi connectivity index (χ2n) is 7.37. The van der Waals surface area contributed by atoms with E-state index >= 15 is 0 Å². The number of rotatable bonds is 4. The van der Waals surface area contributed by atoms with Gasteiger partial charge in [0.25, 0.3) is 5.69 Å². The number of para-hydroxylation sites is 2. The van der Waals surface area contributed by atoms with E-state index < -0.39 is 4.92 Å². The molecule has 3 aromatic rings. The molecule has 0 amide bonds. The number of aryl methyl sites for hydroxylation is 1. The van der Waals surface area contributed by atoms with Gasteiger partial charge in [-0.1, -0.05) is 25.0 Å². The quantitative estimate of drug-likeness (QED) is 0.531. The van der Waals surface area contributed by atoms with E-state index in [9.17, 15) is 10.1 Å². The van der Waals surface area contributed by atoms with Gasteiger partial charge in [-0.25, -0.2) is 4.98 Å². The van der Waals surface area contributed by atoms with E-state index in [0.717, 1.165) is 36.0 Å². The molecule has 3 heterocycles. The fourth-order valence-electron chi connectivity index (χ4n) is 4.22. The predicted molar refractivity (Wildman–Crippen MR) is 107 cm³/mol. The van der Waals surface area contributed by atoms with Gasteiger partial charge in [-0.15, -0.1) is 10.2 Å². The van der Waals surface area contributed by atoms with Gasteiger partial charge >= 0.3 is 0 Å². The van der Waals surface area contributed by atoms with Crippen molar-refractivity contribution in [3.05, 3.63) is 52.2 Å². The number of nitro groups is 1. The molecule has 10 heteroatoms. The van der Waals surface area contributed by atoms with Crippen molar-refractivity contribution in [1.29, 1.82) is 0 Å². The number of hydrogen-bond donors (Lipinski definition) is 1. The van der Waals surface area contributed by atoms with Crippen LogP contribution >= 0.6 is 0 Å². The molecule has 29 heavy (non-hydrogen) atoms. The average molecular weight is 392 g/mol. The van der Waals surface area contributed by atoms with Gasteiger partial charge in [-0.05, 0) is 25.8 Å². The molecule has 0 spiro atoms. The largest absolute Gasteiger partial charge is 0.344 e. The van der Waals surface area contributed by atoms with Crippen LogP contribution in [0.25, 0.3) is 5.69 Å². The lowest BCUT2D eigenvalue weighted by molar-refractivity contribution is -0.383. The molecule has 0 bridgehead atoms. The molecule has 2 aliphatic rings. The standard InChI is InChI=1S/C19H20N8O2/c1-12-23-24-17-11-25(13-6-2-3-7-13)18-16(26(12)17)10-20-19(22-18)21-14-8-4-5-9-15(14)27(28)29/h4-5,8-10,13H,2-3,6-7,11H2,1H3,(H,20,21,22). The monoisotopic (exact) mass is 392 g/mol. The van der Waals surface area contributed by atoms with E-state index in [0.29, 0.717) is 24.2 Å². The van der Waals surface area contributed by atoms with Crippen LogP contribution in [0.3, 0.4) is 0 Å². The van der Waals surface area contributed by atoms with Crippen molar-refractivity contribution in [1.82, 2.24) is 24.7 Å². The zero-order valence-electron chi connectivity index (χ0n) is 15.9. The van der Waals surface area contributed by atoms with E-state index in [1.165, 1.54) is 18.9 Å². The molecule has 0 atom stereocenters. The fourth-order valence-corrected chi connectivity index (χ4v) is 4.22. The van der Waals surface area contributed by atoms with Crippen molar-refractivity contribution >= 4 is 23.1 Å². The lowest BCUT2D eigenvalue weighted by Crippen LogP contribution is -2.38. The highest BCUT2D eigenvalue weighted by atomic mass is 16.6. The van der Waals surface area contributed by atoms with Crippen LogP contribution in [0.4, 0.5) is 23.1 Å². The Hall–Kier alpha value is -3.56. The fraction of sp³-hybridized carbons (Fsp3) is 0.368. The Morgan fingerprint density at radius 1 is 1.21 bits per heavy atom. The first-order valence-electron chi connectivity index (χ1n) is 9.67. The summed E-state index contributed by atoms with van der Waals surface area (Å²) in [7, 11) is 0. The molecule has 1 N–H and O–H groups in total. The van der Waals surface area contributed by atoms with Crippen molar-refractivity contribution < 1.29 is 4.92 Å². The van der Waals surface area contributed by atoms with Crippen LogP contribution in [0.2, 0.25) is 0 Å². The number of nitrogens with zero attached hydrogens (tertiary/aromatic N) is 7. The van der Waals surface area contributed by atoms with E-state index in [-0.39, 0.29) is 5.69 Å². The zero-order chi connectivity index (χ0) is 20.0. The van der Waals surface area contributed by atoms with Crippen molar-refractivity contribution in [2.45, 2.75) is 45.2 Å². The predicted octanol–water partition coefficient (Wildman–Crippen LogP) is 3.28. The molecule has 2 aromatic heterocycles. The second-order valence-corrected chi connectivity index (χ2v) is 7.37. The van der Waals surface area contributed by atoms with Gasteiger partial charge in [0.15, 0.2) is 11.6 Å². The van der Waals surface area contributed by atoms with Gasteiger partial charge in [0, 0.05) is 12.1 Å². The van der Waals surface area contributed by atoms with E-state index in [1.54, 1.807) is 24.4 Å². The molecule has 1 fully saturated rings. The SMILES string of the molecule is Cc1nnc2n1-c1cnc(Nc3ccccc3[N+](=O)[O-])nc1N(C1CCCC1)C2. The topological polar surface area (TPSA) is 115 Å². The Kier molecular flexibility index (Phi) is 4.11. The Morgan fingerprint density at radius 2 is 2.00 bits per heavy atom. The molecule has 1 aliphatic carbocycles. The summed E-state index contributed by atoms with van der Waals surface area (Å²) in [6.07, 6.45) is 6.37. The van der Waals surface area contributed by atoms with Gasteiger partial charge < -0.3 is 10.2 Å². The van der Waals surface area contributed by atoms with Crippen molar-refractivity contribution in [2.24, 2.45) is 0 Å². The highest BCUT2D eigenvalue weighted by Crippen LogP contribution is 2.37. The number of anilines is 3. The minimum atomic E-state index is -0.418. The van der Waals surface area contributed by atoms with Gasteiger partial charge in [-0.3, -0.25) is 14.7 Å². The smallest absolute Gasteiger partial charge is 0.292 e. The number of aromatic nitrogens is 5. The normalized spacial score (nSPS) is 15.8. The van der Waals surface area contributed by atoms with Crippen LogP contribution in [0.15, 0.2) is 30.5 Å². The number of nitro benzene ring substituents is 1. The van der Waals surface area contributed by atoms with E-state index in [1.807, 2.05) is 11.5 Å². The number of hydrogen-bond acceptors (Lipinski definition) is 8. The highest BCUT2D eigenvalue weighted by Gasteiger charge is 2.33. The molecule has 5 rings (SSSR count). The van der Waals surface area contributed by atoms with Crippen molar-refractivity contribution in [3.8, 4) is 5.69 Å². The summed E-state index contributed by atoms with van der Waals surface area (Å²) in [5.74, 6) is 2.80. The maximum atomic E-state index is 11.3. The molecule has 1 aliphatic heterocycles. The van der Waals surface area contributed by atoms with Crippen LogP contribution in [-0.2, 0) is 6.54 Å². The molecule has 148 valence electrons. The lowest BCUT2D eigenvalue weighted by atomic mass is 10.1. The Bertz CT molecular complexity index is 1090. The third kappa shape index (κ3) is 2.96. The van der Waals surface area contributed by atoms with Crippen LogP contribution in [0.5, 0.6) is 0 Å². The first-order valence-corrected chi connectivity index (χ1v) is 9.67. The van der Waals surface area contributed by atoms with E-state index in [2.05, 4.69) is 25.4 Å². The maximum Gasteiger partial charge on any atom is 0.292 e. The molecule has 1 aromatic carbocycles. The first kappa shape index (κ1) is 17.5. The Morgan fingerprint density at radius 3 is 2.79 bits per heavy atom. The van der Waals surface area contributed by atoms with Gasteiger partial charge in [0.05, 0.1) is 17.7 Å². The Labute approximate surface area is 166 Å².